The summed E-state index contributed by atoms with van der Waals surface area (Å²) in [6.07, 6.45) is -1.80. The van der Waals surface area contributed by atoms with E-state index < -0.39 is 11.7 Å². The average Bonchev–Trinajstić information content (AvgIpc) is 2.82. The maximum absolute atomic E-state index is 12.8. The Hall–Kier alpha value is -2.43. The van der Waals surface area contributed by atoms with Gasteiger partial charge in [0.1, 0.15) is 0 Å². The van der Waals surface area contributed by atoms with Gasteiger partial charge in [0.05, 0.1) is 17.0 Å². The summed E-state index contributed by atoms with van der Waals surface area (Å²) in [6.45, 7) is 16.9. The van der Waals surface area contributed by atoms with Gasteiger partial charge in [-0.3, -0.25) is 9.98 Å². The molecule has 5 heteroatoms. The Morgan fingerprint density at radius 3 is 1.79 bits per heavy atom. The fourth-order valence-electron chi connectivity index (χ4n) is 2.83. The van der Waals surface area contributed by atoms with Gasteiger partial charge in [-0.1, -0.05) is 90.4 Å². The summed E-state index contributed by atoms with van der Waals surface area (Å²) in [6, 6.07) is 13.5. The summed E-state index contributed by atoms with van der Waals surface area (Å²) in [7, 11) is 1.74. The van der Waals surface area contributed by atoms with E-state index in [1.807, 2.05) is 65.8 Å². The molecule has 0 saturated carbocycles. The third-order valence-electron chi connectivity index (χ3n) is 4.15. The van der Waals surface area contributed by atoms with Gasteiger partial charge in [-0.15, -0.1) is 0 Å². The first-order valence-corrected chi connectivity index (χ1v) is 12.0. The highest BCUT2D eigenvalue weighted by Gasteiger charge is 2.30. The number of hydrogen-bond donors (Lipinski definition) is 0. The molecule has 2 rings (SSSR count). The van der Waals surface area contributed by atoms with Crippen molar-refractivity contribution < 1.29 is 13.2 Å². The molecule has 0 heterocycles. The van der Waals surface area contributed by atoms with Crippen molar-refractivity contribution in [1.29, 1.82) is 0 Å². The molecule has 0 aliphatic heterocycles. The number of alkyl halides is 3. The zero-order valence-electron chi connectivity index (χ0n) is 22.0. The molecule has 186 valence electrons. The zero-order valence-corrected chi connectivity index (χ0v) is 22.0. The Bertz CT molecular complexity index is 805. The average molecular weight is 465 g/mol. The molecule has 0 aliphatic carbocycles. The fraction of sp³-hybridized carbons (Fsp3) is 0.500. The Labute approximate surface area is 200 Å². The third kappa shape index (κ3) is 13.0. The van der Waals surface area contributed by atoms with Gasteiger partial charge in [-0.2, -0.15) is 13.2 Å². The molecule has 0 radical (unpaired) electrons. The Morgan fingerprint density at radius 2 is 1.33 bits per heavy atom. The molecule has 0 aromatic heterocycles. The standard InChI is InChI=1S/C21H23F3N2.C3H8.2C2H6/c1-4-26-15(2)20(25-3)18-12-10-16(11-13-18)8-9-17-6-5-7-19(14-17)21(22,23)24;1-3-2;2*1-2/h5-7,10-14H,4,8-9H2,1-3H3;3H2,1-2H3;2*1-2H3. The van der Waals surface area contributed by atoms with Crippen molar-refractivity contribution in [1.82, 2.24) is 0 Å². The van der Waals surface area contributed by atoms with Crippen LogP contribution in [0.15, 0.2) is 58.5 Å². The molecule has 0 unspecified atom stereocenters. The second-order valence-electron chi connectivity index (χ2n) is 6.73. The Balaban J connectivity index is 0. The highest BCUT2D eigenvalue weighted by atomic mass is 19.4. The number of benzene rings is 2. The minimum absolute atomic E-state index is 0.564. The summed E-state index contributed by atoms with van der Waals surface area (Å²) < 4.78 is 38.4. The number of rotatable bonds is 6. The molecular formula is C28H43F3N2. The van der Waals surface area contributed by atoms with Gasteiger partial charge in [0.2, 0.25) is 0 Å². The van der Waals surface area contributed by atoms with Crippen LogP contribution in [0.5, 0.6) is 0 Å². The van der Waals surface area contributed by atoms with E-state index in [0.717, 1.165) is 28.6 Å². The molecule has 0 atom stereocenters. The highest BCUT2D eigenvalue weighted by Crippen LogP contribution is 2.29. The van der Waals surface area contributed by atoms with E-state index >= 15 is 0 Å². The second-order valence-corrected chi connectivity index (χ2v) is 6.73. The molecule has 0 saturated heterocycles. The van der Waals surface area contributed by atoms with Crippen LogP contribution < -0.4 is 0 Å². The Kier molecular flexibility index (Phi) is 18.9. The molecule has 0 aliphatic rings. The maximum Gasteiger partial charge on any atom is 0.416 e. The number of nitrogens with zero attached hydrogens (tertiary/aromatic N) is 2. The first-order chi connectivity index (χ1) is 15.8. The van der Waals surface area contributed by atoms with Crippen LogP contribution in [0.4, 0.5) is 13.2 Å². The number of halogens is 3. The van der Waals surface area contributed by atoms with Gasteiger partial charge in [0.25, 0.3) is 0 Å². The quantitative estimate of drug-likeness (QED) is 0.381. The largest absolute Gasteiger partial charge is 0.416 e. The van der Waals surface area contributed by atoms with Crippen LogP contribution in [-0.2, 0) is 19.0 Å². The summed E-state index contributed by atoms with van der Waals surface area (Å²) in [5.74, 6) is 0. The lowest BCUT2D eigenvalue weighted by molar-refractivity contribution is -0.137. The van der Waals surface area contributed by atoms with E-state index in [0.29, 0.717) is 24.9 Å². The molecule has 0 N–H and O–H groups in total. The van der Waals surface area contributed by atoms with E-state index in [4.69, 9.17) is 0 Å². The summed E-state index contributed by atoms with van der Waals surface area (Å²) in [5, 5.41) is 0. The summed E-state index contributed by atoms with van der Waals surface area (Å²) in [5.41, 5.74) is 3.91. The molecule has 2 aromatic rings. The lowest BCUT2D eigenvalue weighted by Crippen LogP contribution is -2.12. The Morgan fingerprint density at radius 1 is 0.818 bits per heavy atom. The van der Waals surface area contributed by atoms with Crippen LogP contribution in [-0.4, -0.2) is 25.0 Å². The van der Waals surface area contributed by atoms with Crippen LogP contribution in [0.2, 0.25) is 0 Å². The van der Waals surface area contributed by atoms with Crippen LogP contribution in [0.1, 0.15) is 84.1 Å². The van der Waals surface area contributed by atoms with Crippen LogP contribution in [0.3, 0.4) is 0 Å². The molecule has 2 aromatic carbocycles. The second kappa shape index (κ2) is 19.1. The predicted molar refractivity (Wildman–Crippen MR) is 140 cm³/mol. The molecule has 33 heavy (non-hydrogen) atoms. The highest BCUT2D eigenvalue weighted by molar-refractivity contribution is 6.47. The van der Waals surface area contributed by atoms with Crippen molar-refractivity contribution in [3.8, 4) is 0 Å². The molecular weight excluding hydrogens is 421 g/mol. The lowest BCUT2D eigenvalue weighted by Gasteiger charge is -2.09. The molecule has 0 bridgehead atoms. The van der Waals surface area contributed by atoms with Crippen molar-refractivity contribution in [2.24, 2.45) is 9.98 Å². The van der Waals surface area contributed by atoms with E-state index in [-0.39, 0.29) is 0 Å². The SMILES string of the molecule is CC.CC.CCC.CCN=C(C)C(=NC)c1ccc(CCc2cccc(C(F)(F)F)c2)cc1. The van der Waals surface area contributed by atoms with Crippen LogP contribution in [0, 0.1) is 0 Å². The first kappa shape index (κ1) is 32.7. The summed E-state index contributed by atoms with van der Waals surface area (Å²) in [4.78, 5) is 8.70. The monoisotopic (exact) mass is 464 g/mol. The molecule has 0 fully saturated rings. The van der Waals surface area contributed by atoms with Crippen molar-refractivity contribution in [3.05, 3.63) is 70.8 Å². The number of hydrogen-bond acceptors (Lipinski definition) is 2. The number of aliphatic imine (C=N–C) groups is 2. The van der Waals surface area contributed by atoms with Crippen molar-refractivity contribution in [2.75, 3.05) is 13.6 Å². The molecule has 0 amide bonds. The summed E-state index contributed by atoms with van der Waals surface area (Å²) >= 11 is 0. The van der Waals surface area contributed by atoms with E-state index in [1.165, 1.54) is 18.6 Å². The van der Waals surface area contributed by atoms with Gasteiger partial charge in [0, 0.05) is 19.2 Å². The van der Waals surface area contributed by atoms with Crippen LogP contribution in [0.25, 0.3) is 0 Å². The van der Waals surface area contributed by atoms with Gasteiger partial charge in [-0.25, -0.2) is 0 Å². The van der Waals surface area contributed by atoms with Crippen molar-refractivity contribution in [2.45, 2.75) is 80.8 Å². The zero-order chi connectivity index (χ0) is 25.9. The third-order valence-corrected chi connectivity index (χ3v) is 4.15. The van der Waals surface area contributed by atoms with Gasteiger partial charge >= 0.3 is 6.18 Å². The normalized spacial score (nSPS) is 11.3. The maximum atomic E-state index is 12.8. The lowest BCUT2D eigenvalue weighted by atomic mass is 9.99. The van der Waals surface area contributed by atoms with Gasteiger partial charge in [-0.05, 0) is 43.9 Å². The molecule has 0 spiro atoms. The first-order valence-electron chi connectivity index (χ1n) is 12.0. The van der Waals surface area contributed by atoms with Crippen molar-refractivity contribution >= 4 is 11.4 Å². The number of aryl methyl sites for hydroxylation is 2. The smallest absolute Gasteiger partial charge is 0.288 e. The van der Waals surface area contributed by atoms with Crippen molar-refractivity contribution in [3.63, 3.8) is 0 Å². The van der Waals surface area contributed by atoms with Gasteiger partial charge < -0.3 is 0 Å². The fourth-order valence-corrected chi connectivity index (χ4v) is 2.83. The van der Waals surface area contributed by atoms with E-state index in [9.17, 15) is 13.2 Å². The van der Waals surface area contributed by atoms with E-state index in [2.05, 4.69) is 23.8 Å². The minimum atomic E-state index is -4.30. The van der Waals surface area contributed by atoms with Gasteiger partial charge in [0.15, 0.2) is 0 Å². The minimum Gasteiger partial charge on any atom is -0.288 e. The predicted octanol–water partition coefficient (Wildman–Crippen LogP) is 8.86. The molecule has 2 nitrogen and oxygen atoms in total. The van der Waals surface area contributed by atoms with E-state index in [1.54, 1.807) is 13.1 Å². The topological polar surface area (TPSA) is 24.7 Å². The van der Waals surface area contributed by atoms with Crippen LogP contribution >= 0.6 is 0 Å².